The highest BCUT2D eigenvalue weighted by atomic mass is 15.1. The first-order valence-corrected chi connectivity index (χ1v) is 6.31. The van der Waals surface area contributed by atoms with Gasteiger partial charge < -0.3 is 5.73 Å². The fraction of sp³-hybridized carbons (Fsp3) is 0.571. The van der Waals surface area contributed by atoms with Crippen LogP contribution in [0.1, 0.15) is 25.3 Å². The zero-order chi connectivity index (χ0) is 11.4. The lowest BCUT2D eigenvalue weighted by molar-refractivity contribution is 0.151. The Labute approximate surface area is 98.4 Å². The fourth-order valence-corrected chi connectivity index (χ4v) is 2.59. The van der Waals surface area contributed by atoms with Crippen LogP contribution in [0.5, 0.6) is 0 Å². The van der Waals surface area contributed by atoms with E-state index in [1.165, 1.54) is 24.9 Å². The molecule has 1 aliphatic rings. The molecule has 2 atom stereocenters. The van der Waals surface area contributed by atoms with Crippen molar-refractivity contribution in [1.82, 2.24) is 4.90 Å². The molecule has 2 heteroatoms. The van der Waals surface area contributed by atoms with Crippen molar-refractivity contribution in [2.75, 3.05) is 13.1 Å². The van der Waals surface area contributed by atoms with Crippen LogP contribution >= 0.6 is 0 Å². The Morgan fingerprint density at radius 2 is 2.06 bits per heavy atom. The van der Waals surface area contributed by atoms with Crippen LogP contribution in [-0.4, -0.2) is 24.0 Å². The number of hydrogen-bond donors (Lipinski definition) is 1. The first kappa shape index (κ1) is 11.6. The molecule has 16 heavy (non-hydrogen) atoms. The molecule has 1 saturated heterocycles. The fourth-order valence-electron chi connectivity index (χ4n) is 2.59. The first-order valence-electron chi connectivity index (χ1n) is 6.31. The van der Waals surface area contributed by atoms with Gasteiger partial charge >= 0.3 is 0 Å². The maximum Gasteiger partial charge on any atom is 0.0234 e. The van der Waals surface area contributed by atoms with Crippen LogP contribution < -0.4 is 5.73 Å². The maximum atomic E-state index is 6.19. The Hall–Kier alpha value is -0.860. The first-order chi connectivity index (χ1) is 7.79. The predicted molar refractivity (Wildman–Crippen MR) is 68.1 cm³/mol. The summed E-state index contributed by atoms with van der Waals surface area (Å²) in [4.78, 5) is 2.48. The van der Waals surface area contributed by atoms with Gasteiger partial charge in [-0.15, -0.1) is 0 Å². The number of rotatable bonds is 3. The molecule has 0 spiro atoms. The van der Waals surface area contributed by atoms with E-state index in [9.17, 15) is 0 Å². The highest BCUT2D eigenvalue weighted by molar-refractivity contribution is 5.14. The molecule has 1 aromatic rings. The Bertz CT molecular complexity index is 310. The van der Waals surface area contributed by atoms with Gasteiger partial charge in [0.05, 0.1) is 0 Å². The summed E-state index contributed by atoms with van der Waals surface area (Å²) in [7, 11) is 0. The lowest BCUT2D eigenvalue weighted by atomic mass is 9.90. The van der Waals surface area contributed by atoms with Crippen molar-refractivity contribution in [2.45, 2.75) is 32.4 Å². The van der Waals surface area contributed by atoms with Gasteiger partial charge in [0.2, 0.25) is 0 Å². The number of piperidine rings is 1. The van der Waals surface area contributed by atoms with Gasteiger partial charge in [-0.3, -0.25) is 4.90 Å². The van der Waals surface area contributed by atoms with Gasteiger partial charge in [-0.1, -0.05) is 43.7 Å². The summed E-state index contributed by atoms with van der Waals surface area (Å²) in [6.45, 7) is 5.54. The minimum absolute atomic E-state index is 0.363. The third-order valence-electron chi connectivity index (χ3n) is 3.66. The van der Waals surface area contributed by atoms with Gasteiger partial charge in [0.25, 0.3) is 0 Å². The van der Waals surface area contributed by atoms with E-state index in [0.29, 0.717) is 6.04 Å². The van der Waals surface area contributed by atoms with E-state index in [0.717, 1.165) is 19.0 Å². The molecule has 2 N–H and O–H groups in total. The van der Waals surface area contributed by atoms with Crippen molar-refractivity contribution < 1.29 is 0 Å². The Kier molecular flexibility index (Phi) is 3.97. The average molecular weight is 218 g/mol. The highest BCUT2D eigenvalue weighted by Gasteiger charge is 2.24. The van der Waals surface area contributed by atoms with Crippen LogP contribution in [-0.2, 0) is 6.54 Å². The third-order valence-corrected chi connectivity index (χ3v) is 3.66. The SMILES string of the molecule is CCC1CCN(Cc2ccccc2)C[C@H]1N. The molecule has 0 aliphatic carbocycles. The molecule has 0 aromatic heterocycles. The van der Waals surface area contributed by atoms with Crippen molar-refractivity contribution in [3.8, 4) is 0 Å². The topological polar surface area (TPSA) is 29.3 Å². The quantitative estimate of drug-likeness (QED) is 0.843. The molecule has 1 unspecified atom stereocenters. The summed E-state index contributed by atoms with van der Waals surface area (Å²) in [5.41, 5.74) is 7.59. The molecule has 1 aromatic carbocycles. The van der Waals surface area contributed by atoms with Gasteiger partial charge in [-0.2, -0.15) is 0 Å². The lowest BCUT2D eigenvalue weighted by Crippen LogP contribution is -2.47. The van der Waals surface area contributed by atoms with Gasteiger partial charge in [0.1, 0.15) is 0 Å². The van der Waals surface area contributed by atoms with Crippen molar-refractivity contribution in [3.63, 3.8) is 0 Å². The molecule has 1 aliphatic heterocycles. The van der Waals surface area contributed by atoms with Gasteiger partial charge in [0, 0.05) is 19.1 Å². The second-order valence-electron chi connectivity index (χ2n) is 4.84. The predicted octanol–water partition coefficient (Wildman–Crippen LogP) is 2.25. The van der Waals surface area contributed by atoms with Crippen molar-refractivity contribution in [3.05, 3.63) is 35.9 Å². The number of hydrogen-bond acceptors (Lipinski definition) is 2. The van der Waals surface area contributed by atoms with E-state index in [1.54, 1.807) is 0 Å². The Balaban J connectivity index is 1.89. The molecule has 0 bridgehead atoms. The van der Waals surface area contributed by atoms with Crippen LogP contribution in [0.25, 0.3) is 0 Å². The zero-order valence-electron chi connectivity index (χ0n) is 10.1. The summed E-state index contributed by atoms with van der Waals surface area (Å²) < 4.78 is 0. The van der Waals surface area contributed by atoms with Gasteiger partial charge in [-0.05, 0) is 24.4 Å². The number of nitrogens with two attached hydrogens (primary N) is 1. The molecular formula is C14H22N2. The average Bonchev–Trinajstić information content (AvgIpc) is 2.31. The van der Waals surface area contributed by atoms with Crippen LogP contribution in [0.15, 0.2) is 30.3 Å². The molecule has 1 fully saturated rings. The van der Waals surface area contributed by atoms with E-state index >= 15 is 0 Å². The van der Waals surface area contributed by atoms with Crippen molar-refractivity contribution in [1.29, 1.82) is 0 Å². The monoisotopic (exact) mass is 218 g/mol. The summed E-state index contributed by atoms with van der Waals surface area (Å²) in [6.07, 6.45) is 2.48. The molecule has 1 heterocycles. The normalized spacial score (nSPS) is 26.9. The molecule has 88 valence electrons. The highest BCUT2D eigenvalue weighted by Crippen LogP contribution is 2.20. The van der Waals surface area contributed by atoms with Gasteiger partial charge in [0.15, 0.2) is 0 Å². The largest absolute Gasteiger partial charge is 0.326 e. The van der Waals surface area contributed by atoms with Crippen LogP contribution in [0, 0.1) is 5.92 Å². The van der Waals surface area contributed by atoms with E-state index in [1.807, 2.05) is 0 Å². The Morgan fingerprint density at radius 3 is 2.69 bits per heavy atom. The van der Waals surface area contributed by atoms with E-state index in [4.69, 9.17) is 5.73 Å². The maximum absolute atomic E-state index is 6.19. The minimum atomic E-state index is 0.363. The van der Waals surface area contributed by atoms with Crippen molar-refractivity contribution >= 4 is 0 Å². The van der Waals surface area contributed by atoms with Crippen LogP contribution in [0.4, 0.5) is 0 Å². The molecule has 0 amide bonds. The number of nitrogens with zero attached hydrogens (tertiary/aromatic N) is 1. The molecule has 0 radical (unpaired) electrons. The summed E-state index contributed by atoms with van der Waals surface area (Å²) in [5, 5.41) is 0. The molecular weight excluding hydrogens is 196 g/mol. The summed E-state index contributed by atoms with van der Waals surface area (Å²) >= 11 is 0. The zero-order valence-corrected chi connectivity index (χ0v) is 10.1. The van der Waals surface area contributed by atoms with E-state index in [-0.39, 0.29) is 0 Å². The molecule has 0 saturated carbocycles. The smallest absolute Gasteiger partial charge is 0.0234 e. The van der Waals surface area contributed by atoms with Crippen molar-refractivity contribution in [2.24, 2.45) is 11.7 Å². The van der Waals surface area contributed by atoms with E-state index < -0.39 is 0 Å². The third kappa shape index (κ3) is 2.83. The molecule has 2 rings (SSSR count). The summed E-state index contributed by atoms with van der Waals surface area (Å²) in [5.74, 6) is 0.729. The minimum Gasteiger partial charge on any atom is -0.326 e. The molecule has 2 nitrogen and oxygen atoms in total. The standard InChI is InChI=1S/C14H22N2/c1-2-13-8-9-16(11-14(13)15)10-12-6-4-3-5-7-12/h3-7,13-14H,2,8-11,15H2,1H3/t13?,14-/m1/s1. The number of likely N-dealkylation sites (tertiary alicyclic amines) is 1. The van der Waals surface area contributed by atoms with Crippen LogP contribution in [0.2, 0.25) is 0 Å². The number of benzene rings is 1. The van der Waals surface area contributed by atoms with Gasteiger partial charge in [-0.25, -0.2) is 0 Å². The van der Waals surface area contributed by atoms with E-state index in [2.05, 4.69) is 42.2 Å². The second-order valence-corrected chi connectivity index (χ2v) is 4.84. The summed E-state index contributed by atoms with van der Waals surface area (Å²) in [6, 6.07) is 11.0. The van der Waals surface area contributed by atoms with Crippen LogP contribution in [0.3, 0.4) is 0 Å². The Morgan fingerprint density at radius 1 is 1.31 bits per heavy atom. The second kappa shape index (κ2) is 5.46. The lowest BCUT2D eigenvalue weighted by Gasteiger charge is -2.36.